The van der Waals surface area contributed by atoms with E-state index in [9.17, 15) is 0 Å². The van der Waals surface area contributed by atoms with E-state index in [-0.39, 0.29) is 24.0 Å². The van der Waals surface area contributed by atoms with E-state index in [0.29, 0.717) is 5.96 Å². The zero-order chi connectivity index (χ0) is 13.9. The van der Waals surface area contributed by atoms with Crippen LogP contribution >= 0.6 is 24.0 Å². The molecule has 0 unspecified atom stereocenters. The molecule has 1 rings (SSSR count). The Morgan fingerprint density at radius 1 is 1.25 bits per heavy atom. The number of unbranched alkanes of at least 4 members (excludes halogenated alkanes) is 1. The number of halogens is 1. The monoisotopic (exact) mass is 391 g/mol. The molecule has 0 aromatic heterocycles. The fraction of sp³-hybridized carbons (Fsp3) is 0.533. The van der Waals surface area contributed by atoms with E-state index in [1.54, 1.807) is 7.11 Å². The molecule has 0 fully saturated rings. The number of guanidine groups is 1. The van der Waals surface area contributed by atoms with Crippen LogP contribution in [0.5, 0.6) is 5.75 Å². The molecule has 0 spiro atoms. The zero-order valence-corrected chi connectivity index (χ0v) is 14.7. The van der Waals surface area contributed by atoms with Crippen molar-refractivity contribution in [2.75, 3.05) is 20.2 Å². The molecule has 114 valence electrons. The molecule has 1 aromatic carbocycles. The lowest BCUT2D eigenvalue weighted by molar-refractivity contribution is 0.414. The van der Waals surface area contributed by atoms with Crippen LogP contribution in [-0.2, 0) is 6.42 Å². The summed E-state index contributed by atoms with van der Waals surface area (Å²) in [5.74, 6) is 1.47. The summed E-state index contributed by atoms with van der Waals surface area (Å²) in [6.45, 7) is 3.77. The molecule has 5 heteroatoms. The number of hydrogen-bond acceptors (Lipinski definition) is 2. The Kier molecular flexibility index (Phi) is 11.2. The van der Waals surface area contributed by atoms with Gasteiger partial charge < -0.3 is 15.8 Å². The molecule has 1 aromatic rings. The van der Waals surface area contributed by atoms with Gasteiger partial charge in [-0.15, -0.1) is 24.0 Å². The maximum Gasteiger partial charge on any atom is 0.188 e. The Hall–Kier alpha value is -0.980. The summed E-state index contributed by atoms with van der Waals surface area (Å²) in [7, 11) is 1.69. The summed E-state index contributed by atoms with van der Waals surface area (Å²) < 4.78 is 5.13. The minimum atomic E-state index is 0. The van der Waals surface area contributed by atoms with Crippen molar-refractivity contribution < 1.29 is 4.74 Å². The molecule has 0 aliphatic heterocycles. The van der Waals surface area contributed by atoms with E-state index in [1.807, 2.05) is 12.1 Å². The SMILES string of the molecule is CCCN=C(N)NCCCCc1ccc(OC)cc1.I. The minimum absolute atomic E-state index is 0. The highest BCUT2D eigenvalue weighted by molar-refractivity contribution is 14.0. The number of nitrogens with one attached hydrogen (secondary N) is 1. The van der Waals surface area contributed by atoms with Crippen LogP contribution in [0.4, 0.5) is 0 Å². The average Bonchev–Trinajstić information content (AvgIpc) is 2.45. The van der Waals surface area contributed by atoms with Crippen LogP contribution in [0.25, 0.3) is 0 Å². The maximum absolute atomic E-state index is 5.71. The standard InChI is InChI=1S/C15H25N3O.HI/c1-3-11-17-15(16)18-12-5-4-6-13-7-9-14(19-2)10-8-13;/h7-10H,3-6,11-12H2,1-2H3,(H3,16,17,18);1H. The number of benzene rings is 1. The predicted molar refractivity (Wildman–Crippen MR) is 96.1 cm³/mol. The average molecular weight is 391 g/mol. The first kappa shape index (κ1) is 19.0. The third-order valence-corrected chi connectivity index (χ3v) is 2.86. The van der Waals surface area contributed by atoms with E-state index >= 15 is 0 Å². The summed E-state index contributed by atoms with van der Waals surface area (Å²) in [6.07, 6.45) is 4.34. The predicted octanol–water partition coefficient (Wildman–Crippen LogP) is 2.95. The molecule has 0 saturated heterocycles. The van der Waals surface area contributed by atoms with Crippen molar-refractivity contribution >= 4 is 29.9 Å². The second kappa shape index (κ2) is 11.8. The highest BCUT2D eigenvalue weighted by Gasteiger charge is 1.96. The highest BCUT2D eigenvalue weighted by Crippen LogP contribution is 2.12. The van der Waals surface area contributed by atoms with Crippen LogP contribution in [-0.4, -0.2) is 26.2 Å². The lowest BCUT2D eigenvalue weighted by Gasteiger charge is -2.06. The van der Waals surface area contributed by atoms with Gasteiger partial charge in [0, 0.05) is 13.1 Å². The third kappa shape index (κ3) is 8.24. The molecule has 0 atom stereocenters. The number of aryl methyl sites for hydroxylation is 1. The van der Waals surface area contributed by atoms with Crippen LogP contribution in [0, 0.1) is 0 Å². The second-order valence-corrected chi connectivity index (χ2v) is 4.50. The van der Waals surface area contributed by atoms with E-state index in [4.69, 9.17) is 10.5 Å². The van der Waals surface area contributed by atoms with Gasteiger partial charge in [0.25, 0.3) is 0 Å². The van der Waals surface area contributed by atoms with Crippen LogP contribution in [0.15, 0.2) is 29.3 Å². The number of rotatable bonds is 8. The smallest absolute Gasteiger partial charge is 0.188 e. The normalized spacial score (nSPS) is 10.8. The number of aliphatic imine (C=N–C) groups is 1. The first-order valence-electron chi connectivity index (χ1n) is 6.93. The van der Waals surface area contributed by atoms with Crippen molar-refractivity contribution in [2.24, 2.45) is 10.7 Å². The summed E-state index contributed by atoms with van der Waals surface area (Å²) in [5.41, 5.74) is 7.05. The van der Waals surface area contributed by atoms with E-state index in [1.165, 1.54) is 5.56 Å². The van der Waals surface area contributed by atoms with Crippen LogP contribution in [0.1, 0.15) is 31.7 Å². The van der Waals surface area contributed by atoms with Crippen LogP contribution in [0.2, 0.25) is 0 Å². The largest absolute Gasteiger partial charge is 0.497 e. The molecule has 0 aliphatic carbocycles. The topological polar surface area (TPSA) is 59.6 Å². The zero-order valence-electron chi connectivity index (χ0n) is 12.4. The van der Waals surface area contributed by atoms with Gasteiger partial charge in [-0.05, 0) is 43.4 Å². The van der Waals surface area contributed by atoms with Gasteiger partial charge in [0.2, 0.25) is 0 Å². The van der Waals surface area contributed by atoms with Gasteiger partial charge in [-0.2, -0.15) is 0 Å². The van der Waals surface area contributed by atoms with E-state index in [2.05, 4.69) is 29.4 Å². The van der Waals surface area contributed by atoms with Crippen molar-refractivity contribution in [3.8, 4) is 5.75 Å². The summed E-state index contributed by atoms with van der Waals surface area (Å²) >= 11 is 0. The molecule has 0 aliphatic rings. The van der Waals surface area contributed by atoms with Gasteiger partial charge >= 0.3 is 0 Å². The molecule has 0 saturated carbocycles. The van der Waals surface area contributed by atoms with Gasteiger partial charge in [-0.1, -0.05) is 19.1 Å². The van der Waals surface area contributed by atoms with Gasteiger partial charge in [-0.3, -0.25) is 4.99 Å². The number of methoxy groups -OCH3 is 1. The van der Waals surface area contributed by atoms with Crippen LogP contribution in [0.3, 0.4) is 0 Å². The lowest BCUT2D eigenvalue weighted by atomic mass is 10.1. The molecule has 20 heavy (non-hydrogen) atoms. The van der Waals surface area contributed by atoms with Gasteiger partial charge in [-0.25, -0.2) is 0 Å². The van der Waals surface area contributed by atoms with Crippen molar-refractivity contribution in [2.45, 2.75) is 32.6 Å². The number of hydrogen-bond donors (Lipinski definition) is 2. The molecule has 0 heterocycles. The maximum atomic E-state index is 5.71. The summed E-state index contributed by atoms with van der Waals surface area (Å²) in [4.78, 5) is 4.19. The minimum Gasteiger partial charge on any atom is -0.497 e. The number of ether oxygens (including phenoxy) is 1. The molecular weight excluding hydrogens is 365 g/mol. The van der Waals surface area contributed by atoms with Gasteiger partial charge in [0.15, 0.2) is 5.96 Å². The molecule has 3 N–H and O–H groups in total. The number of nitrogens with two attached hydrogens (primary N) is 1. The van der Waals surface area contributed by atoms with Crippen molar-refractivity contribution in [3.63, 3.8) is 0 Å². The fourth-order valence-electron chi connectivity index (χ4n) is 1.75. The van der Waals surface area contributed by atoms with E-state index in [0.717, 1.165) is 44.5 Å². The Morgan fingerprint density at radius 2 is 1.95 bits per heavy atom. The summed E-state index contributed by atoms with van der Waals surface area (Å²) in [6, 6.07) is 8.23. The Balaban J connectivity index is 0.00000361. The Morgan fingerprint density at radius 3 is 2.55 bits per heavy atom. The molecule has 0 bridgehead atoms. The highest BCUT2D eigenvalue weighted by atomic mass is 127. The Bertz CT molecular complexity index is 379. The molecule has 4 nitrogen and oxygen atoms in total. The summed E-state index contributed by atoms with van der Waals surface area (Å²) in [5, 5.41) is 3.13. The van der Waals surface area contributed by atoms with Crippen molar-refractivity contribution in [1.82, 2.24) is 5.32 Å². The first-order chi connectivity index (χ1) is 9.26. The third-order valence-electron chi connectivity index (χ3n) is 2.86. The molecular formula is C15H26IN3O. The quantitative estimate of drug-likeness (QED) is 0.310. The molecule has 0 radical (unpaired) electrons. The van der Waals surface area contributed by atoms with Crippen molar-refractivity contribution in [3.05, 3.63) is 29.8 Å². The Labute approximate surface area is 139 Å². The first-order valence-corrected chi connectivity index (χ1v) is 6.93. The fourth-order valence-corrected chi connectivity index (χ4v) is 1.75. The van der Waals surface area contributed by atoms with Crippen LogP contribution < -0.4 is 15.8 Å². The van der Waals surface area contributed by atoms with Gasteiger partial charge in [0.05, 0.1) is 7.11 Å². The lowest BCUT2D eigenvalue weighted by Crippen LogP contribution is -2.32. The number of nitrogens with zero attached hydrogens (tertiary/aromatic N) is 1. The van der Waals surface area contributed by atoms with Gasteiger partial charge in [0.1, 0.15) is 5.75 Å². The molecule has 0 amide bonds. The van der Waals surface area contributed by atoms with Crippen molar-refractivity contribution in [1.29, 1.82) is 0 Å². The van der Waals surface area contributed by atoms with E-state index < -0.39 is 0 Å². The second-order valence-electron chi connectivity index (χ2n) is 4.50.